The summed E-state index contributed by atoms with van der Waals surface area (Å²) in [5, 5.41) is 2.93. The molecule has 1 saturated carbocycles. The van der Waals surface area contributed by atoms with Gasteiger partial charge in [0.15, 0.2) is 0 Å². The molecule has 1 aliphatic carbocycles. The lowest BCUT2D eigenvalue weighted by atomic mass is 9.80. The number of rotatable bonds is 5. The van der Waals surface area contributed by atoms with Crippen LogP contribution in [-0.2, 0) is 11.2 Å². The van der Waals surface area contributed by atoms with Crippen molar-refractivity contribution in [2.75, 3.05) is 12.4 Å². The fourth-order valence-corrected chi connectivity index (χ4v) is 3.28. The second kappa shape index (κ2) is 7.63. The van der Waals surface area contributed by atoms with E-state index < -0.39 is 0 Å². The van der Waals surface area contributed by atoms with Crippen LogP contribution in [0.1, 0.15) is 31.2 Å². The first-order chi connectivity index (χ1) is 9.70. The van der Waals surface area contributed by atoms with Gasteiger partial charge in [0.25, 0.3) is 0 Å². The smallest absolute Gasteiger partial charge is 0.224 e. The molecule has 0 saturated heterocycles. The predicted octanol–water partition coefficient (Wildman–Crippen LogP) is 3.53. The zero-order valence-electron chi connectivity index (χ0n) is 11.6. The molecule has 1 aliphatic rings. The van der Waals surface area contributed by atoms with E-state index in [9.17, 15) is 9.18 Å². The highest BCUT2D eigenvalue weighted by Crippen LogP contribution is 2.30. The first kappa shape index (κ1) is 15.3. The van der Waals surface area contributed by atoms with E-state index in [0.717, 1.165) is 12.8 Å². The van der Waals surface area contributed by atoms with E-state index in [-0.39, 0.29) is 18.1 Å². The number of hydrogen-bond donors (Lipinski definition) is 1. The quantitative estimate of drug-likeness (QED) is 0.828. The standard InChI is InChI=1S/C16H21ClFNO/c17-10-13-6-1-2-7-14(13)11-19-16(20)9-12-5-3-4-8-15(12)18/h3-5,8,13-14H,1-2,6-7,9-11H2,(H,19,20). The van der Waals surface area contributed by atoms with Crippen molar-refractivity contribution >= 4 is 17.5 Å². The molecule has 1 fully saturated rings. The molecular formula is C16H21ClFNO. The molecule has 0 radical (unpaired) electrons. The van der Waals surface area contributed by atoms with E-state index in [0.29, 0.717) is 29.8 Å². The van der Waals surface area contributed by atoms with Gasteiger partial charge in [0.1, 0.15) is 5.82 Å². The number of halogens is 2. The van der Waals surface area contributed by atoms with Crippen molar-refractivity contribution < 1.29 is 9.18 Å². The van der Waals surface area contributed by atoms with Gasteiger partial charge in [-0.15, -0.1) is 11.6 Å². The molecule has 20 heavy (non-hydrogen) atoms. The Morgan fingerprint density at radius 3 is 2.65 bits per heavy atom. The van der Waals surface area contributed by atoms with Crippen molar-refractivity contribution in [2.45, 2.75) is 32.1 Å². The largest absolute Gasteiger partial charge is 0.356 e. The van der Waals surface area contributed by atoms with Crippen LogP contribution in [0.25, 0.3) is 0 Å². The molecule has 1 amide bonds. The molecule has 2 nitrogen and oxygen atoms in total. The fraction of sp³-hybridized carbons (Fsp3) is 0.562. The van der Waals surface area contributed by atoms with Gasteiger partial charge in [-0.3, -0.25) is 4.79 Å². The van der Waals surface area contributed by atoms with E-state index in [1.807, 2.05) is 0 Å². The summed E-state index contributed by atoms with van der Waals surface area (Å²) in [6.45, 7) is 0.657. The van der Waals surface area contributed by atoms with Gasteiger partial charge in [-0.1, -0.05) is 31.0 Å². The Hall–Kier alpha value is -1.09. The van der Waals surface area contributed by atoms with Crippen LogP contribution in [0, 0.1) is 17.7 Å². The van der Waals surface area contributed by atoms with Crippen LogP contribution < -0.4 is 5.32 Å². The van der Waals surface area contributed by atoms with E-state index in [2.05, 4.69) is 5.32 Å². The zero-order valence-corrected chi connectivity index (χ0v) is 12.3. The lowest BCUT2D eigenvalue weighted by molar-refractivity contribution is -0.120. The normalized spacial score (nSPS) is 22.5. The van der Waals surface area contributed by atoms with Gasteiger partial charge >= 0.3 is 0 Å². The summed E-state index contributed by atoms with van der Waals surface area (Å²) in [6.07, 6.45) is 4.82. The van der Waals surface area contributed by atoms with E-state index in [1.165, 1.54) is 18.9 Å². The summed E-state index contributed by atoms with van der Waals surface area (Å²) < 4.78 is 13.5. The van der Waals surface area contributed by atoms with Crippen LogP contribution in [-0.4, -0.2) is 18.3 Å². The van der Waals surface area contributed by atoms with Crippen molar-refractivity contribution in [3.8, 4) is 0 Å². The van der Waals surface area contributed by atoms with Crippen LogP contribution in [0.4, 0.5) is 4.39 Å². The average molecular weight is 298 g/mol. The number of carbonyl (C=O) groups is 1. The van der Waals surface area contributed by atoms with E-state index in [4.69, 9.17) is 11.6 Å². The molecule has 0 heterocycles. The minimum atomic E-state index is -0.320. The fourth-order valence-electron chi connectivity index (χ4n) is 2.88. The molecule has 1 aromatic carbocycles. The highest BCUT2D eigenvalue weighted by atomic mass is 35.5. The molecule has 1 aromatic rings. The van der Waals surface area contributed by atoms with Gasteiger partial charge in [-0.2, -0.15) is 0 Å². The molecule has 2 unspecified atom stereocenters. The Morgan fingerprint density at radius 1 is 1.25 bits per heavy atom. The summed E-state index contributed by atoms with van der Waals surface area (Å²) in [7, 11) is 0. The van der Waals surface area contributed by atoms with Gasteiger partial charge in [0.05, 0.1) is 6.42 Å². The van der Waals surface area contributed by atoms with Gasteiger partial charge in [0, 0.05) is 12.4 Å². The number of alkyl halides is 1. The summed E-state index contributed by atoms with van der Waals surface area (Å²) in [5.74, 6) is 1.19. The monoisotopic (exact) mass is 297 g/mol. The maximum atomic E-state index is 13.5. The first-order valence-corrected chi connectivity index (χ1v) is 7.80. The first-order valence-electron chi connectivity index (χ1n) is 7.26. The molecular weight excluding hydrogens is 277 g/mol. The Kier molecular flexibility index (Phi) is 5.84. The van der Waals surface area contributed by atoms with Crippen molar-refractivity contribution in [2.24, 2.45) is 11.8 Å². The summed E-state index contributed by atoms with van der Waals surface area (Å²) in [4.78, 5) is 11.9. The van der Waals surface area contributed by atoms with Crippen LogP contribution in [0.5, 0.6) is 0 Å². The summed E-state index contributed by atoms with van der Waals surface area (Å²) in [6, 6.07) is 6.41. The molecule has 110 valence electrons. The second-order valence-corrected chi connectivity index (χ2v) is 5.84. The van der Waals surface area contributed by atoms with Crippen LogP contribution in [0.3, 0.4) is 0 Å². The maximum absolute atomic E-state index is 13.5. The maximum Gasteiger partial charge on any atom is 0.224 e. The van der Waals surface area contributed by atoms with Crippen LogP contribution in [0.15, 0.2) is 24.3 Å². The molecule has 2 atom stereocenters. The molecule has 2 rings (SSSR count). The SMILES string of the molecule is O=C(Cc1ccccc1F)NCC1CCCCC1CCl. The highest BCUT2D eigenvalue weighted by Gasteiger charge is 2.24. The highest BCUT2D eigenvalue weighted by molar-refractivity contribution is 6.18. The molecule has 0 aromatic heterocycles. The van der Waals surface area contributed by atoms with Crippen molar-refractivity contribution in [1.82, 2.24) is 5.32 Å². The Labute approximate surface area is 124 Å². The molecule has 0 bridgehead atoms. The molecule has 0 aliphatic heterocycles. The van der Waals surface area contributed by atoms with Gasteiger partial charge < -0.3 is 5.32 Å². The van der Waals surface area contributed by atoms with Gasteiger partial charge in [0.2, 0.25) is 5.91 Å². The van der Waals surface area contributed by atoms with Crippen molar-refractivity contribution in [3.63, 3.8) is 0 Å². The number of nitrogens with one attached hydrogen (secondary N) is 1. The molecule has 4 heteroatoms. The Bertz CT molecular complexity index is 452. The van der Waals surface area contributed by atoms with Crippen molar-refractivity contribution in [1.29, 1.82) is 0 Å². The van der Waals surface area contributed by atoms with E-state index in [1.54, 1.807) is 18.2 Å². The van der Waals surface area contributed by atoms with Crippen LogP contribution in [0.2, 0.25) is 0 Å². The second-order valence-electron chi connectivity index (χ2n) is 5.53. The number of benzene rings is 1. The third-order valence-corrected chi connectivity index (χ3v) is 4.53. The van der Waals surface area contributed by atoms with Gasteiger partial charge in [-0.05, 0) is 36.3 Å². The molecule has 1 N–H and O–H groups in total. The van der Waals surface area contributed by atoms with Crippen LogP contribution >= 0.6 is 11.6 Å². The topological polar surface area (TPSA) is 29.1 Å². The van der Waals surface area contributed by atoms with Gasteiger partial charge in [-0.25, -0.2) is 4.39 Å². The predicted molar refractivity (Wildman–Crippen MR) is 79.3 cm³/mol. The third-order valence-electron chi connectivity index (χ3n) is 4.13. The lowest BCUT2D eigenvalue weighted by Gasteiger charge is -2.30. The summed E-state index contributed by atoms with van der Waals surface area (Å²) in [5.41, 5.74) is 0.447. The minimum Gasteiger partial charge on any atom is -0.356 e. The summed E-state index contributed by atoms with van der Waals surface area (Å²) >= 11 is 5.98. The van der Waals surface area contributed by atoms with Crippen molar-refractivity contribution in [3.05, 3.63) is 35.6 Å². The Balaban J connectivity index is 1.81. The lowest BCUT2D eigenvalue weighted by Crippen LogP contribution is -2.35. The average Bonchev–Trinajstić information content (AvgIpc) is 2.48. The van der Waals surface area contributed by atoms with E-state index >= 15 is 0 Å². The Morgan fingerprint density at radius 2 is 1.95 bits per heavy atom. The number of carbonyl (C=O) groups excluding carboxylic acids is 1. The molecule has 0 spiro atoms. The number of hydrogen-bond acceptors (Lipinski definition) is 1. The number of amides is 1. The zero-order chi connectivity index (χ0) is 14.4. The third kappa shape index (κ3) is 4.20. The minimum absolute atomic E-state index is 0.102.